The second kappa shape index (κ2) is 7.82. The summed E-state index contributed by atoms with van der Waals surface area (Å²) in [5, 5.41) is 8.87. The molecule has 7 heteroatoms. The van der Waals surface area contributed by atoms with E-state index >= 15 is 0 Å². The Balaban J connectivity index is 1.42. The van der Waals surface area contributed by atoms with Crippen molar-refractivity contribution < 1.29 is 9.53 Å². The van der Waals surface area contributed by atoms with Crippen molar-refractivity contribution in [2.24, 2.45) is 0 Å². The predicted molar refractivity (Wildman–Crippen MR) is 104 cm³/mol. The molecule has 0 saturated carbocycles. The van der Waals surface area contributed by atoms with Gasteiger partial charge >= 0.3 is 6.09 Å². The van der Waals surface area contributed by atoms with E-state index in [0.717, 1.165) is 49.7 Å². The Morgan fingerprint density at radius 3 is 2.52 bits per heavy atom. The van der Waals surface area contributed by atoms with E-state index in [1.807, 2.05) is 13.0 Å². The molecular weight excluding hydrogens is 342 g/mol. The number of rotatable bonds is 3. The monoisotopic (exact) mass is 367 g/mol. The van der Waals surface area contributed by atoms with Crippen LogP contribution in [-0.4, -0.2) is 60.5 Å². The maximum absolute atomic E-state index is 12.0. The lowest BCUT2D eigenvalue weighted by Gasteiger charge is -2.37. The van der Waals surface area contributed by atoms with Crippen LogP contribution in [0, 0.1) is 0 Å². The van der Waals surface area contributed by atoms with Crippen LogP contribution in [0.3, 0.4) is 0 Å². The number of para-hydroxylation sites is 1. The van der Waals surface area contributed by atoms with E-state index < -0.39 is 0 Å². The van der Waals surface area contributed by atoms with E-state index in [-0.39, 0.29) is 6.09 Å². The highest BCUT2D eigenvalue weighted by Gasteiger charge is 2.25. The summed E-state index contributed by atoms with van der Waals surface area (Å²) in [7, 11) is 0. The van der Waals surface area contributed by atoms with Crippen molar-refractivity contribution in [2.75, 3.05) is 49.1 Å². The van der Waals surface area contributed by atoms with Crippen LogP contribution in [0.15, 0.2) is 36.4 Å². The van der Waals surface area contributed by atoms with Gasteiger partial charge in [0.2, 0.25) is 0 Å². The minimum Gasteiger partial charge on any atom is -0.450 e. The smallest absolute Gasteiger partial charge is 0.410 e. The number of benzene rings is 1. The van der Waals surface area contributed by atoms with E-state index in [2.05, 4.69) is 50.3 Å². The van der Waals surface area contributed by atoms with Crippen LogP contribution < -0.4 is 9.80 Å². The van der Waals surface area contributed by atoms with Gasteiger partial charge in [-0.05, 0) is 30.7 Å². The third-order valence-electron chi connectivity index (χ3n) is 5.18. The van der Waals surface area contributed by atoms with Crippen LogP contribution in [0.4, 0.5) is 16.3 Å². The number of fused-ring (bicyclic) bond motifs is 1. The highest BCUT2D eigenvalue weighted by molar-refractivity contribution is 5.68. The molecule has 2 aliphatic heterocycles. The summed E-state index contributed by atoms with van der Waals surface area (Å²) in [5.74, 6) is 0.896. The molecule has 0 atom stereocenters. The van der Waals surface area contributed by atoms with E-state index in [1.165, 1.54) is 5.69 Å². The predicted octanol–water partition coefficient (Wildman–Crippen LogP) is 2.32. The van der Waals surface area contributed by atoms with Crippen LogP contribution in [-0.2, 0) is 17.7 Å². The topological polar surface area (TPSA) is 61.8 Å². The minimum atomic E-state index is -0.252. The molecule has 3 heterocycles. The number of anilines is 2. The zero-order valence-corrected chi connectivity index (χ0v) is 15.7. The standard InChI is InChI=1S/C20H25N5O2/c1-2-27-20(26)25-9-8-18-16(15-25)14-19(22-21-18)24-12-10-23(11-13-24)17-6-4-3-5-7-17/h3-7,14H,2,8-13,15H2,1H3. The van der Waals surface area contributed by atoms with Crippen molar-refractivity contribution in [2.45, 2.75) is 19.9 Å². The number of carbonyl (C=O) groups excluding carboxylic acids is 1. The molecule has 27 heavy (non-hydrogen) atoms. The van der Waals surface area contributed by atoms with Gasteiger partial charge in [-0.25, -0.2) is 4.79 Å². The molecule has 1 saturated heterocycles. The van der Waals surface area contributed by atoms with Gasteiger partial charge in [-0.15, -0.1) is 5.10 Å². The average molecular weight is 367 g/mol. The first-order chi connectivity index (χ1) is 13.2. The Morgan fingerprint density at radius 1 is 1.04 bits per heavy atom. The maximum atomic E-state index is 12.0. The van der Waals surface area contributed by atoms with Gasteiger partial charge in [-0.1, -0.05) is 18.2 Å². The van der Waals surface area contributed by atoms with E-state index in [1.54, 1.807) is 4.90 Å². The number of ether oxygens (including phenoxy) is 1. The molecule has 0 unspecified atom stereocenters. The SMILES string of the molecule is CCOC(=O)N1CCc2nnc(N3CCN(c4ccccc4)CC3)cc2C1. The summed E-state index contributed by atoms with van der Waals surface area (Å²) in [6.45, 7) is 7.13. The molecule has 1 aromatic heterocycles. The van der Waals surface area contributed by atoms with Crippen molar-refractivity contribution in [1.29, 1.82) is 0 Å². The van der Waals surface area contributed by atoms with Gasteiger partial charge < -0.3 is 19.4 Å². The first-order valence-corrected chi connectivity index (χ1v) is 9.56. The molecule has 0 aliphatic carbocycles. The third kappa shape index (κ3) is 3.82. The first-order valence-electron chi connectivity index (χ1n) is 9.56. The highest BCUT2D eigenvalue weighted by atomic mass is 16.6. The summed E-state index contributed by atoms with van der Waals surface area (Å²) < 4.78 is 5.13. The fraction of sp³-hybridized carbons (Fsp3) is 0.450. The number of hydrogen-bond donors (Lipinski definition) is 0. The van der Waals surface area contributed by atoms with Crippen LogP contribution in [0.1, 0.15) is 18.2 Å². The van der Waals surface area contributed by atoms with Crippen LogP contribution in [0.25, 0.3) is 0 Å². The number of aromatic nitrogens is 2. The number of piperazine rings is 1. The van der Waals surface area contributed by atoms with Gasteiger partial charge in [0.1, 0.15) is 0 Å². The molecule has 2 aliphatic rings. The molecule has 0 N–H and O–H groups in total. The Kier molecular flexibility index (Phi) is 5.09. The molecule has 0 spiro atoms. The van der Waals surface area contributed by atoms with E-state index in [0.29, 0.717) is 19.7 Å². The lowest BCUT2D eigenvalue weighted by molar-refractivity contribution is 0.102. The molecule has 1 aromatic carbocycles. The van der Waals surface area contributed by atoms with E-state index in [9.17, 15) is 4.79 Å². The average Bonchev–Trinajstić information content (AvgIpc) is 2.74. The summed E-state index contributed by atoms with van der Waals surface area (Å²) in [6.07, 6.45) is 0.474. The zero-order chi connectivity index (χ0) is 18.6. The Labute approximate surface area is 159 Å². The Bertz CT molecular complexity index is 790. The second-order valence-corrected chi connectivity index (χ2v) is 6.85. The van der Waals surface area contributed by atoms with Crippen molar-refractivity contribution in [3.05, 3.63) is 47.7 Å². The molecular formula is C20H25N5O2. The van der Waals surface area contributed by atoms with Gasteiger partial charge in [-0.2, -0.15) is 5.10 Å². The molecule has 7 nitrogen and oxygen atoms in total. The quantitative estimate of drug-likeness (QED) is 0.830. The molecule has 1 fully saturated rings. The maximum Gasteiger partial charge on any atom is 0.410 e. The molecule has 2 aromatic rings. The van der Waals surface area contributed by atoms with Crippen LogP contribution in [0.5, 0.6) is 0 Å². The largest absolute Gasteiger partial charge is 0.450 e. The first kappa shape index (κ1) is 17.6. The molecule has 0 radical (unpaired) electrons. The fourth-order valence-corrected chi connectivity index (χ4v) is 3.67. The zero-order valence-electron chi connectivity index (χ0n) is 15.7. The number of carbonyl (C=O) groups is 1. The van der Waals surface area contributed by atoms with Gasteiger partial charge in [0, 0.05) is 44.8 Å². The van der Waals surface area contributed by atoms with Gasteiger partial charge in [-0.3, -0.25) is 0 Å². The highest BCUT2D eigenvalue weighted by Crippen LogP contribution is 2.23. The number of amides is 1. The van der Waals surface area contributed by atoms with Crippen molar-refractivity contribution in [3.8, 4) is 0 Å². The number of nitrogens with zero attached hydrogens (tertiary/aromatic N) is 5. The molecule has 0 bridgehead atoms. The molecule has 1 amide bonds. The summed E-state index contributed by atoms with van der Waals surface area (Å²) >= 11 is 0. The Morgan fingerprint density at radius 2 is 1.78 bits per heavy atom. The minimum absolute atomic E-state index is 0.252. The molecule has 142 valence electrons. The fourth-order valence-electron chi connectivity index (χ4n) is 3.67. The van der Waals surface area contributed by atoms with Crippen LogP contribution >= 0.6 is 0 Å². The lowest BCUT2D eigenvalue weighted by atomic mass is 10.1. The Hall–Kier alpha value is -2.83. The summed E-state index contributed by atoms with van der Waals surface area (Å²) in [4.78, 5) is 18.4. The van der Waals surface area contributed by atoms with Gasteiger partial charge in [0.25, 0.3) is 0 Å². The lowest BCUT2D eigenvalue weighted by Crippen LogP contribution is -2.47. The second-order valence-electron chi connectivity index (χ2n) is 6.85. The summed E-state index contributed by atoms with van der Waals surface area (Å²) in [6, 6.07) is 12.6. The number of hydrogen-bond acceptors (Lipinski definition) is 6. The van der Waals surface area contributed by atoms with Gasteiger partial charge in [0.15, 0.2) is 5.82 Å². The van der Waals surface area contributed by atoms with Crippen LogP contribution in [0.2, 0.25) is 0 Å². The van der Waals surface area contributed by atoms with Crippen molar-refractivity contribution in [1.82, 2.24) is 15.1 Å². The van der Waals surface area contributed by atoms with E-state index in [4.69, 9.17) is 4.74 Å². The summed E-state index contributed by atoms with van der Waals surface area (Å²) in [5.41, 5.74) is 3.32. The normalized spacial score (nSPS) is 16.9. The van der Waals surface area contributed by atoms with Crippen molar-refractivity contribution >= 4 is 17.6 Å². The van der Waals surface area contributed by atoms with Gasteiger partial charge in [0.05, 0.1) is 18.8 Å². The van der Waals surface area contributed by atoms with Crippen molar-refractivity contribution in [3.63, 3.8) is 0 Å². The molecule has 4 rings (SSSR count). The third-order valence-corrected chi connectivity index (χ3v) is 5.18.